The maximum absolute atomic E-state index is 11.7. The third-order valence-electron chi connectivity index (χ3n) is 5.93. The van der Waals surface area contributed by atoms with Gasteiger partial charge in [0.25, 0.3) is 0 Å². The van der Waals surface area contributed by atoms with E-state index in [-0.39, 0.29) is 49.7 Å². The van der Waals surface area contributed by atoms with Crippen molar-refractivity contribution in [3.05, 3.63) is 59.7 Å². The Morgan fingerprint density at radius 2 is 1.56 bits per heavy atom. The number of piperidine rings is 1. The fourth-order valence-electron chi connectivity index (χ4n) is 4.02. The molecule has 1 saturated heterocycles. The second kappa shape index (κ2) is 14.7. The number of rotatable bonds is 7. The van der Waals surface area contributed by atoms with Gasteiger partial charge in [-0.1, -0.05) is 42.5 Å². The highest BCUT2D eigenvalue weighted by Gasteiger charge is 2.20. The van der Waals surface area contributed by atoms with Crippen LogP contribution in [0.25, 0.3) is 11.1 Å². The zero-order chi connectivity index (χ0) is 20.8. The zero-order valence-electron chi connectivity index (χ0n) is 19.2. The van der Waals surface area contributed by atoms with Gasteiger partial charge in [0.15, 0.2) is 0 Å². The van der Waals surface area contributed by atoms with E-state index >= 15 is 0 Å². The maximum atomic E-state index is 11.7. The molecule has 0 unspecified atom stereocenters. The molecule has 2 N–H and O–H groups in total. The van der Waals surface area contributed by atoms with E-state index in [0.29, 0.717) is 6.54 Å². The summed E-state index contributed by atoms with van der Waals surface area (Å²) < 4.78 is 0. The molecule has 8 heteroatoms. The molecule has 2 aromatic carbocycles. The normalized spacial score (nSPS) is 14.2. The highest BCUT2D eigenvalue weighted by molar-refractivity contribution is 5.86. The molecule has 0 bridgehead atoms. The van der Waals surface area contributed by atoms with Crippen molar-refractivity contribution in [3.63, 3.8) is 0 Å². The van der Waals surface area contributed by atoms with Crippen LogP contribution in [0.2, 0.25) is 0 Å². The molecule has 2 aromatic rings. The van der Waals surface area contributed by atoms with Gasteiger partial charge in [-0.2, -0.15) is 0 Å². The lowest BCUT2D eigenvalue weighted by Crippen LogP contribution is -2.41. The summed E-state index contributed by atoms with van der Waals surface area (Å²) >= 11 is 0. The summed E-state index contributed by atoms with van der Waals surface area (Å²) in [6.07, 6.45) is 2.50. The van der Waals surface area contributed by atoms with Crippen molar-refractivity contribution in [1.29, 1.82) is 0 Å². The quantitative estimate of drug-likeness (QED) is 0.619. The SMILES string of the molecule is CN(Cc1cccc(-c2ccc(CN3CCC(N(C)C)CC3)cc2)c1)C(=O)CN.Cl.Cl.Cl. The first-order valence-corrected chi connectivity index (χ1v) is 10.5. The first-order valence-electron chi connectivity index (χ1n) is 10.5. The second-order valence-corrected chi connectivity index (χ2v) is 8.32. The number of hydrogen-bond donors (Lipinski definition) is 1. The Morgan fingerprint density at radius 1 is 0.938 bits per heavy atom. The van der Waals surface area contributed by atoms with Gasteiger partial charge in [-0.15, -0.1) is 37.2 Å². The average Bonchev–Trinajstić information content (AvgIpc) is 2.74. The number of hydrogen-bond acceptors (Lipinski definition) is 4. The minimum Gasteiger partial charge on any atom is -0.340 e. The average molecular weight is 504 g/mol. The first-order chi connectivity index (χ1) is 14.0. The van der Waals surface area contributed by atoms with Crippen LogP contribution in [0.1, 0.15) is 24.0 Å². The van der Waals surface area contributed by atoms with Gasteiger partial charge in [0.05, 0.1) is 6.54 Å². The highest BCUT2D eigenvalue weighted by Crippen LogP contribution is 2.23. The van der Waals surface area contributed by atoms with E-state index in [1.54, 1.807) is 11.9 Å². The highest BCUT2D eigenvalue weighted by atomic mass is 35.5. The van der Waals surface area contributed by atoms with Crippen molar-refractivity contribution in [1.82, 2.24) is 14.7 Å². The Morgan fingerprint density at radius 3 is 2.12 bits per heavy atom. The van der Waals surface area contributed by atoms with Crippen LogP contribution < -0.4 is 5.73 Å². The molecule has 0 aliphatic carbocycles. The minimum atomic E-state index is -0.0469. The van der Waals surface area contributed by atoms with Gasteiger partial charge in [-0.3, -0.25) is 9.69 Å². The van der Waals surface area contributed by atoms with E-state index < -0.39 is 0 Å². The lowest BCUT2D eigenvalue weighted by molar-refractivity contribution is -0.128. The molecule has 1 fully saturated rings. The van der Waals surface area contributed by atoms with Gasteiger partial charge >= 0.3 is 0 Å². The number of halogens is 3. The number of likely N-dealkylation sites (tertiary alicyclic amines) is 1. The smallest absolute Gasteiger partial charge is 0.236 e. The lowest BCUT2D eigenvalue weighted by Gasteiger charge is -2.35. The summed E-state index contributed by atoms with van der Waals surface area (Å²) in [7, 11) is 6.16. The predicted octanol–water partition coefficient (Wildman–Crippen LogP) is 4.06. The van der Waals surface area contributed by atoms with E-state index in [1.165, 1.54) is 42.6 Å². The number of carbonyl (C=O) groups is 1. The Labute approximate surface area is 211 Å². The largest absolute Gasteiger partial charge is 0.340 e. The molecular weight excluding hydrogens is 467 g/mol. The number of benzene rings is 2. The van der Waals surface area contributed by atoms with Crippen molar-refractivity contribution >= 4 is 43.1 Å². The van der Waals surface area contributed by atoms with Crippen molar-refractivity contribution in [2.75, 3.05) is 40.8 Å². The molecule has 180 valence electrons. The van der Waals surface area contributed by atoms with Crippen LogP contribution in [0.15, 0.2) is 48.5 Å². The second-order valence-electron chi connectivity index (χ2n) is 8.32. The summed E-state index contributed by atoms with van der Waals surface area (Å²) in [6, 6.07) is 18.0. The molecule has 1 amide bonds. The molecule has 0 saturated carbocycles. The van der Waals surface area contributed by atoms with Crippen molar-refractivity contribution in [2.24, 2.45) is 5.73 Å². The van der Waals surface area contributed by atoms with Gasteiger partial charge in [-0.25, -0.2) is 0 Å². The lowest BCUT2D eigenvalue weighted by atomic mass is 10.0. The third kappa shape index (κ3) is 8.54. The van der Waals surface area contributed by atoms with E-state index in [1.807, 2.05) is 6.07 Å². The molecule has 1 aliphatic heterocycles. The zero-order valence-corrected chi connectivity index (χ0v) is 21.6. The van der Waals surface area contributed by atoms with Crippen LogP contribution in [0, 0.1) is 0 Å². The van der Waals surface area contributed by atoms with Crippen molar-refractivity contribution in [2.45, 2.75) is 32.0 Å². The van der Waals surface area contributed by atoms with Gasteiger partial charge in [0.1, 0.15) is 0 Å². The van der Waals surface area contributed by atoms with Gasteiger partial charge in [0, 0.05) is 26.2 Å². The van der Waals surface area contributed by atoms with Crippen LogP contribution in [0.3, 0.4) is 0 Å². The molecule has 32 heavy (non-hydrogen) atoms. The van der Waals surface area contributed by atoms with Gasteiger partial charge in [0.2, 0.25) is 5.91 Å². The van der Waals surface area contributed by atoms with Crippen LogP contribution >= 0.6 is 37.2 Å². The molecule has 0 radical (unpaired) electrons. The predicted molar refractivity (Wildman–Crippen MR) is 141 cm³/mol. The minimum absolute atomic E-state index is 0. The van der Waals surface area contributed by atoms with Crippen molar-refractivity contribution < 1.29 is 4.79 Å². The molecule has 5 nitrogen and oxygen atoms in total. The van der Waals surface area contributed by atoms with E-state index in [4.69, 9.17) is 5.73 Å². The van der Waals surface area contributed by atoms with E-state index in [9.17, 15) is 4.79 Å². The topological polar surface area (TPSA) is 52.8 Å². The molecule has 0 spiro atoms. The molecular formula is C24H37Cl3N4O. The summed E-state index contributed by atoms with van der Waals surface area (Å²) in [5.74, 6) is -0.0469. The van der Waals surface area contributed by atoms with E-state index in [2.05, 4.69) is 66.4 Å². The fourth-order valence-corrected chi connectivity index (χ4v) is 4.02. The summed E-state index contributed by atoms with van der Waals surface area (Å²) in [5, 5.41) is 0. The number of likely N-dealkylation sites (N-methyl/N-ethyl adjacent to an activating group) is 1. The molecule has 1 heterocycles. The summed E-state index contributed by atoms with van der Waals surface area (Å²) in [4.78, 5) is 18.3. The Kier molecular flexibility index (Phi) is 14.1. The number of amides is 1. The van der Waals surface area contributed by atoms with Crippen molar-refractivity contribution in [3.8, 4) is 11.1 Å². The van der Waals surface area contributed by atoms with E-state index in [0.717, 1.165) is 18.2 Å². The Hall–Kier alpha value is -1.34. The summed E-state index contributed by atoms with van der Waals surface area (Å²) in [6.45, 7) is 3.98. The molecule has 0 atom stereocenters. The number of nitrogens with two attached hydrogens (primary N) is 1. The molecule has 0 aromatic heterocycles. The summed E-state index contributed by atoms with van der Waals surface area (Å²) in [5.41, 5.74) is 10.3. The monoisotopic (exact) mass is 502 g/mol. The molecule has 3 rings (SSSR count). The Bertz CT molecular complexity index is 809. The number of nitrogens with zero attached hydrogens (tertiary/aromatic N) is 3. The standard InChI is InChI=1S/C24H34N4O.3ClH/c1-26(2)23-11-13-28(14-12-23)18-19-7-9-21(10-8-19)22-6-4-5-20(15-22)17-27(3)24(29)16-25;;;/h4-10,15,23H,11-14,16-18,25H2,1-3H3;3*1H. The van der Waals surface area contributed by atoms with Crippen LogP contribution in [-0.4, -0.2) is 67.4 Å². The molecule has 1 aliphatic rings. The van der Waals surface area contributed by atoms with Crippen LogP contribution in [0.4, 0.5) is 0 Å². The Balaban J connectivity index is 0.00000320. The fraction of sp³-hybridized carbons (Fsp3) is 0.458. The number of carbonyl (C=O) groups excluding carboxylic acids is 1. The van der Waals surface area contributed by atoms with Crippen LogP contribution in [-0.2, 0) is 17.9 Å². The van der Waals surface area contributed by atoms with Gasteiger partial charge < -0.3 is 15.5 Å². The van der Waals surface area contributed by atoms with Crippen LogP contribution in [0.5, 0.6) is 0 Å². The third-order valence-corrected chi connectivity index (χ3v) is 5.93. The maximum Gasteiger partial charge on any atom is 0.236 e. The first kappa shape index (κ1) is 30.7. The van der Waals surface area contributed by atoms with Gasteiger partial charge in [-0.05, 0) is 68.3 Å².